The molecular weight excluding hydrogens is 260 g/mol. The van der Waals surface area contributed by atoms with Crippen LogP contribution in [0.4, 0.5) is 0 Å². The molecule has 0 atom stereocenters. The lowest BCUT2D eigenvalue weighted by atomic mass is 10.2. The Balaban J connectivity index is 2.24. The highest BCUT2D eigenvalue weighted by Crippen LogP contribution is 2.19. The van der Waals surface area contributed by atoms with E-state index in [0.29, 0.717) is 0 Å². The third-order valence-corrected chi connectivity index (χ3v) is 3.62. The van der Waals surface area contributed by atoms with Crippen molar-refractivity contribution in [2.24, 2.45) is 0 Å². The third-order valence-electron chi connectivity index (χ3n) is 2.97. The number of aromatic nitrogens is 2. The van der Waals surface area contributed by atoms with Gasteiger partial charge in [-0.05, 0) is 42.0 Å². The molecule has 0 aliphatic heterocycles. The lowest BCUT2D eigenvalue weighted by Crippen LogP contribution is -1.93. The lowest BCUT2D eigenvalue weighted by molar-refractivity contribution is 1.06. The van der Waals surface area contributed by atoms with Crippen LogP contribution in [0.3, 0.4) is 0 Å². The van der Waals surface area contributed by atoms with E-state index >= 15 is 0 Å². The fourth-order valence-corrected chi connectivity index (χ4v) is 2.59. The Morgan fingerprint density at radius 2 is 1.78 bits per heavy atom. The van der Waals surface area contributed by atoms with E-state index in [0.717, 1.165) is 27.2 Å². The number of rotatable bonds is 2. The Bertz CT molecular complexity index is 738. The van der Waals surface area contributed by atoms with E-state index in [1.165, 1.54) is 5.56 Å². The second-order valence-corrected chi connectivity index (χ2v) is 4.81. The number of thiol groups is 1. The molecule has 0 bridgehead atoms. The van der Waals surface area contributed by atoms with Crippen LogP contribution in [0.5, 0.6) is 0 Å². The number of hydrogen-bond acceptors (Lipinski definition) is 2. The van der Waals surface area contributed by atoms with Crippen molar-refractivity contribution in [3.05, 3.63) is 58.9 Å². The average Bonchev–Trinajstić information content (AvgIpc) is 2.75. The van der Waals surface area contributed by atoms with E-state index in [1.807, 2.05) is 22.8 Å². The molecule has 0 aliphatic rings. The number of aromatic amines is 1. The van der Waals surface area contributed by atoms with Gasteiger partial charge in [-0.3, -0.25) is 4.57 Å². The average molecular weight is 272 g/mol. The van der Waals surface area contributed by atoms with Crippen LogP contribution in [0.25, 0.3) is 16.7 Å². The minimum atomic E-state index is 0.717. The second kappa shape index (κ2) is 4.63. The summed E-state index contributed by atoms with van der Waals surface area (Å²) in [7, 11) is 0. The van der Waals surface area contributed by atoms with Crippen molar-refractivity contribution in [2.45, 2.75) is 5.75 Å². The number of hydrogen-bond donors (Lipinski definition) is 2. The zero-order chi connectivity index (χ0) is 12.5. The van der Waals surface area contributed by atoms with Crippen LogP contribution in [-0.4, -0.2) is 9.55 Å². The molecule has 1 N–H and O–H groups in total. The van der Waals surface area contributed by atoms with Crippen LogP contribution < -0.4 is 0 Å². The molecule has 0 unspecified atom stereocenters. The molecule has 0 fully saturated rings. The number of nitrogens with zero attached hydrogens (tertiary/aromatic N) is 1. The molecule has 0 spiro atoms. The number of nitrogens with one attached hydrogen (secondary N) is 1. The Hall–Kier alpha value is -1.52. The first kappa shape index (κ1) is 11.6. The fraction of sp³-hybridized carbons (Fsp3) is 0.0714. The molecule has 1 aromatic heterocycles. The van der Waals surface area contributed by atoms with Gasteiger partial charge in [-0.25, -0.2) is 0 Å². The molecule has 2 nitrogen and oxygen atoms in total. The van der Waals surface area contributed by atoms with Gasteiger partial charge in [0.15, 0.2) is 4.77 Å². The van der Waals surface area contributed by atoms with E-state index < -0.39 is 0 Å². The van der Waals surface area contributed by atoms with Gasteiger partial charge >= 0.3 is 0 Å². The van der Waals surface area contributed by atoms with Gasteiger partial charge in [0, 0.05) is 11.4 Å². The molecule has 2 aromatic carbocycles. The summed E-state index contributed by atoms with van der Waals surface area (Å²) in [6.07, 6.45) is 0. The lowest BCUT2D eigenvalue weighted by Gasteiger charge is -2.05. The van der Waals surface area contributed by atoms with E-state index in [1.54, 1.807) is 0 Å². The van der Waals surface area contributed by atoms with Gasteiger partial charge in [-0.1, -0.05) is 24.3 Å². The summed E-state index contributed by atoms with van der Waals surface area (Å²) in [5.74, 6) is 0.750. The largest absolute Gasteiger partial charge is 0.330 e. The molecule has 0 saturated heterocycles. The zero-order valence-corrected chi connectivity index (χ0v) is 11.3. The Kier molecular flexibility index (Phi) is 2.97. The molecule has 3 aromatic rings. The molecule has 3 rings (SSSR count). The Morgan fingerprint density at radius 3 is 2.50 bits per heavy atom. The van der Waals surface area contributed by atoms with E-state index in [4.69, 9.17) is 12.2 Å². The highest BCUT2D eigenvalue weighted by molar-refractivity contribution is 7.79. The van der Waals surface area contributed by atoms with Crippen LogP contribution in [0, 0.1) is 4.77 Å². The number of H-pyrrole nitrogens is 1. The highest BCUT2D eigenvalue weighted by atomic mass is 32.1. The van der Waals surface area contributed by atoms with E-state index in [-0.39, 0.29) is 0 Å². The molecule has 0 amide bonds. The first-order valence-corrected chi connectivity index (χ1v) is 6.73. The van der Waals surface area contributed by atoms with Crippen molar-refractivity contribution < 1.29 is 0 Å². The van der Waals surface area contributed by atoms with Gasteiger partial charge in [0.25, 0.3) is 0 Å². The number of fused-ring (bicyclic) bond motifs is 1. The minimum Gasteiger partial charge on any atom is -0.330 e. The first-order chi connectivity index (χ1) is 8.79. The second-order valence-electron chi connectivity index (χ2n) is 4.11. The van der Waals surface area contributed by atoms with Crippen molar-refractivity contribution in [2.75, 3.05) is 0 Å². The molecule has 90 valence electrons. The van der Waals surface area contributed by atoms with Gasteiger partial charge in [0.2, 0.25) is 0 Å². The quantitative estimate of drug-likeness (QED) is 0.531. The number of imidazole rings is 1. The van der Waals surface area contributed by atoms with Gasteiger partial charge in [0.05, 0.1) is 11.0 Å². The van der Waals surface area contributed by atoms with Crippen LogP contribution >= 0.6 is 24.8 Å². The normalized spacial score (nSPS) is 10.9. The van der Waals surface area contributed by atoms with E-state index in [9.17, 15) is 0 Å². The predicted octanol–water partition coefficient (Wildman–Crippen LogP) is 4.12. The third kappa shape index (κ3) is 1.87. The van der Waals surface area contributed by atoms with Crippen molar-refractivity contribution in [1.29, 1.82) is 0 Å². The maximum absolute atomic E-state index is 5.39. The maximum atomic E-state index is 5.39. The van der Waals surface area contributed by atoms with Crippen LogP contribution in [-0.2, 0) is 5.75 Å². The summed E-state index contributed by atoms with van der Waals surface area (Å²) < 4.78 is 2.77. The number of benzene rings is 2. The molecule has 0 radical (unpaired) electrons. The summed E-state index contributed by atoms with van der Waals surface area (Å²) in [6.45, 7) is 0. The summed E-state index contributed by atoms with van der Waals surface area (Å²) in [4.78, 5) is 3.22. The van der Waals surface area contributed by atoms with Crippen molar-refractivity contribution >= 4 is 35.9 Å². The van der Waals surface area contributed by atoms with Crippen LogP contribution in [0.1, 0.15) is 5.56 Å². The molecule has 0 saturated carbocycles. The van der Waals surface area contributed by atoms with Crippen molar-refractivity contribution in [3.8, 4) is 5.69 Å². The molecule has 0 aliphatic carbocycles. The standard InChI is InChI=1S/C14H12N2S2/c17-9-10-5-7-11(8-6-10)16-13-4-2-1-3-12(13)15-14(16)18/h1-8,17H,9H2,(H,15,18). The van der Waals surface area contributed by atoms with Gasteiger partial charge in [-0.2, -0.15) is 12.6 Å². The molecule has 4 heteroatoms. The minimum absolute atomic E-state index is 0.717. The topological polar surface area (TPSA) is 20.7 Å². The molecule has 1 heterocycles. The summed E-state index contributed by atoms with van der Waals surface area (Å²) in [5.41, 5.74) is 4.43. The first-order valence-electron chi connectivity index (χ1n) is 5.69. The fourth-order valence-electron chi connectivity index (χ4n) is 2.06. The molecular formula is C14H12N2S2. The predicted molar refractivity (Wildman–Crippen MR) is 81.1 cm³/mol. The zero-order valence-electron chi connectivity index (χ0n) is 9.63. The monoisotopic (exact) mass is 272 g/mol. The maximum Gasteiger partial charge on any atom is 0.182 e. The SMILES string of the molecule is S=c1[nH]c2ccccc2n1-c1ccc(CS)cc1. The van der Waals surface area contributed by atoms with E-state index in [2.05, 4.69) is 47.9 Å². The highest BCUT2D eigenvalue weighted by Gasteiger charge is 2.05. The van der Waals surface area contributed by atoms with Crippen LogP contribution in [0.15, 0.2) is 48.5 Å². The van der Waals surface area contributed by atoms with Gasteiger partial charge in [0.1, 0.15) is 0 Å². The van der Waals surface area contributed by atoms with Gasteiger partial charge in [-0.15, -0.1) is 0 Å². The van der Waals surface area contributed by atoms with Gasteiger partial charge < -0.3 is 4.98 Å². The molecule has 18 heavy (non-hydrogen) atoms. The Labute approximate surface area is 116 Å². The number of para-hydroxylation sites is 2. The van der Waals surface area contributed by atoms with Crippen molar-refractivity contribution in [3.63, 3.8) is 0 Å². The summed E-state index contributed by atoms with van der Waals surface area (Å²) in [6, 6.07) is 16.4. The van der Waals surface area contributed by atoms with Crippen molar-refractivity contribution in [1.82, 2.24) is 9.55 Å². The summed E-state index contributed by atoms with van der Waals surface area (Å²) >= 11 is 9.65. The smallest absolute Gasteiger partial charge is 0.182 e. The summed E-state index contributed by atoms with van der Waals surface area (Å²) in [5, 5.41) is 0. The Morgan fingerprint density at radius 1 is 1.06 bits per heavy atom. The van der Waals surface area contributed by atoms with Crippen LogP contribution in [0.2, 0.25) is 0 Å².